The Bertz CT molecular complexity index is 775. The van der Waals surface area contributed by atoms with Gasteiger partial charge in [0.1, 0.15) is 23.3 Å². The van der Waals surface area contributed by atoms with Gasteiger partial charge in [-0.15, -0.1) is 0 Å². The van der Waals surface area contributed by atoms with E-state index in [0.29, 0.717) is 5.92 Å². The molecular formula is C21H29N3O2. The number of nitrogens with zero attached hydrogens (tertiary/aromatic N) is 3. The molecule has 2 aromatic rings. The second-order valence-electron chi connectivity index (χ2n) is 8.44. The third-order valence-corrected chi connectivity index (χ3v) is 5.74. The number of aromatic nitrogens is 2. The maximum atomic E-state index is 10.6. The maximum absolute atomic E-state index is 10.6. The first-order valence-corrected chi connectivity index (χ1v) is 9.60. The van der Waals surface area contributed by atoms with Gasteiger partial charge in [0.05, 0.1) is 0 Å². The number of aliphatic hydroxyl groups excluding tert-OH is 1. The molecule has 0 unspecified atom stereocenters. The highest BCUT2D eigenvalue weighted by Crippen LogP contribution is 2.36. The van der Waals surface area contributed by atoms with Gasteiger partial charge >= 0.3 is 0 Å². The molecule has 0 aliphatic carbocycles. The van der Waals surface area contributed by atoms with E-state index in [2.05, 4.69) is 41.9 Å². The van der Waals surface area contributed by atoms with Crippen molar-refractivity contribution in [1.29, 1.82) is 0 Å². The summed E-state index contributed by atoms with van der Waals surface area (Å²) < 4.78 is 7.90. The highest BCUT2D eigenvalue weighted by atomic mass is 16.5. The van der Waals surface area contributed by atoms with E-state index in [4.69, 9.17) is 4.74 Å². The molecule has 0 spiro atoms. The lowest BCUT2D eigenvalue weighted by atomic mass is 9.90. The molecule has 0 bridgehead atoms. The van der Waals surface area contributed by atoms with E-state index in [-0.39, 0.29) is 5.60 Å². The Labute approximate surface area is 155 Å². The van der Waals surface area contributed by atoms with Gasteiger partial charge in [0.2, 0.25) is 0 Å². The summed E-state index contributed by atoms with van der Waals surface area (Å²) in [6, 6.07) is 6.62. The summed E-state index contributed by atoms with van der Waals surface area (Å²) in [6.45, 7) is 7.30. The van der Waals surface area contributed by atoms with Crippen molar-refractivity contribution in [2.24, 2.45) is 13.0 Å². The molecule has 5 nitrogen and oxygen atoms in total. The second-order valence-corrected chi connectivity index (χ2v) is 8.44. The van der Waals surface area contributed by atoms with Crippen LogP contribution in [0.25, 0.3) is 0 Å². The standard InChI is InChI=1S/C21H29N3O2/c1-21(2)13-17-12-15(4-5-18(17)26-21)14-24-9-6-16(7-10-24)19(25)20-22-8-11-23(20)3/h4-5,8,11-12,16,19,25H,6-7,9-10,13-14H2,1-3H3/t19-/m1/s1. The number of hydrogen-bond acceptors (Lipinski definition) is 4. The van der Waals surface area contributed by atoms with Gasteiger partial charge in [-0.3, -0.25) is 4.90 Å². The number of imidazole rings is 1. The van der Waals surface area contributed by atoms with Gasteiger partial charge in [0, 0.05) is 32.4 Å². The molecule has 1 aromatic carbocycles. The lowest BCUT2D eigenvalue weighted by Gasteiger charge is -2.34. The molecule has 2 aliphatic rings. The predicted molar refractivity (Wildman–Crippen MR) is 101 cm³/mol. The van der Waals surface area contributed by atoms with E-state index in [1.54, 1.807) is 6.20 Å². The first kappa shape index (κ1) is 17.6. The van der Waals surface area contributed by atoms with E-state index in [1.165, 1.54) is 11.1 Å². The summed E-state index contributed by atoms with van der Waals surface area (Å²) in [7, 11) is 1.94. The number of rotatable bonds is 4. The van der Waals surface area contributed by atoms with Gasteiger partial charge in [-0.05, 0) is 62.9 Å². The van der Waals surface area contributed by atoms with Gasteiger partial charge < -0.3 is 14.4 Å². The summed E-state index contributed by atoms with van der Waals surface area (Å²) in [5.74, 6) is 2.11. The molecule has 1 aromatic heterocycles. The van der Waals surface area contributed by atoms with Crippen LogP contribution in [0.3, 0.4) is 0 Å². The molecule has 1 N–H and O–H groups in total. The molecule has 0 radical (unpaired) electrons. The fourth-order valence-corrected chi connectivity index (χ4v) is 4.32. The third kappa shape index (κ3) is 3.51. The van der Waals surface area contributed by atoms with Crippen LogP contribution in [0.5, 0.6) is 5.75 Å². The van der Waals surface area contributed by atoms with E-state index in [1.807, 2.05) is 17.8 Å². The monoisotopic (exact) mass is 355 g/mol. The molecule has 4 rings (SSSR count). The SMILES string of the molecule is Cn1ccnc1[C@H](O)C1CCN(Cc2ccc3c(c2)CC(C)(C)O3)CC1. The van der Waals surface area contributed by atoms with Crippen LogP contribution in [-0.4, -0.2) is 38.2 Å². The maximum Gasteiger partial charge on any atom is 0.137 e. The van der Waals surface area contributed by atoms with Crippen LogP contribution in [-0.2, 0) is 20.0 Å². The first-order chi connectivity index (χ1) is 12.4. The van der Waals surface area contributed by atoms with Gasteiger partial charge in [0.25, 0.3) is 0 Å². The third-order valence-electron chi connectivity index (χ3n) is 5.74. The summed E-state index contributed by atoms with van der Waals surface area (Å²) in [5, 5.41) is 10.6. The predicted octanol–water partition coefficient (Wildman–Crippen LogP) is 3.08. The fourth-order valence-electron chi connectivity index (χ4n) is 4.32. The van der Waals surface area contributed by atoms with Crippen LogP contribution < -0.4 is 4.74 Å². The largest absolute Gasteiger partial charge is 0.487 e. The summed E-state index contributed by atoms with van der Waals surface area (Å²) in [4.78, 5) is 6.80. The van der Waals surface area contributed by atoms with Gasteiger partial charge in [-0.25, -0.2) is 4.98 Å². The normalized spacial score (nSPS) is 21.4. The van der Waals surface area contributed by atoms with Gasteiger partial charge in [-0.1, -0.05) is 12.1 Å². The van der Waals surface area contributed by atoms with Crippen molar-refractivity contribution >= 4 is 0 Å². The minimum Gasteiger partial charge on any atom is -0.487 e. The minimum absolute atomic E-state index is 0.0829. The number of aryl methyl sites for hydroxylation is 1. The quantitative estimate of drug-likeness (QED) is 0.916. The number of benzene rings is 1. The van der Waals surface area contributed by atoms with Crippen LogP contribution in [0.15, 0.2) is 30.6 Å². The van der Waals surface area contributed by atoms with Gasteiger partial charge in [-0.2, -0.15) is 0 Å². The molecule has 5 heteroatoms. The molecular weight excluding hydrogens is 326 g/mol. The number of ether oxygens (including phenoxy) is 1. The Morgan fingerprint density at radius 3 is 2.77 bits per heavy atom. The number of aliphatic hydroxyl groups is 1. The number of hydrogen-bond donors (Lipinski definition) is 1. The fraction of sp³-hybridized carbons (Fsp3) is 0.571. The van der Waals surface area contributed by atoms with Crippen molar-refractivity contribution < 1.29 is 9.84 Å². The van der Waals surface area contributed by atoms with Crippen LogP contribution in [0.2, 0.25) is 0 Å². The average Bonchev–Trinajstić information content (AvgIpc) is 3.15. The molecule has 1 fully saturated rings. The number of piperidine rings is 1. The van der Waals surface area contributed by atoms with Crippen LogP contribution in [0, 0.1) is 5.92 Å². The second kappa shape index (κ2) is 6.71. The summed E-state index contributed by atoms with van der Waals surface area (Å²) >= 11 is 0. The molecule has 3 heterocycles. The molecule has 1 atom stereocenters. The van der Waals surface area contributed by atoms with Crippen molar-refractivity contribution in [2.45, 2.75) is 51.4 Å². The van der Waals surface area contributed by atoms with E-state index >= 15 is 0 Å². The molecule has 0 amide bonds. The Morgan fingerprint density at radius 1 is 1.31 bits per heavy atom. The Kier molecular flexibility index (Phi) is 4.53. The van der Waals surface area contributed by atoms with E-state index in [9.17, 15) is 5.11 Å². The van der Waals surface area contributed by atoms with Crippen molar-refractivity contribution in [3.8, 4) is 5.75 Å². The molecule has 0 saturated carbocycles. The van der Waals surface area contributed by atoms with Crippen LogP contribution in [0.1, 0.15) is 49.7 Å². The summed E-state index contributed by atoms with van der Waals surface area (Å²) in [6.07, 6.45) is 6.19. The number of likely N-dealkylation sites (tertiary alicyclic amines) is 1. The molecule has 1 saturated heterocycles. The topological polar surface area (TPSA) is 50.5 Å². The van der Waals surface area contributed by atoms with Crippen LogP contribution in [0.4, 0.5) is 0 Å². The van der Waals surface area contributed by atoms with Crippen molar-refractivity contribution in [3.05, 3.63) is 47.5 Å². The lowest BCUT2D eigenvalue weighted by molar-refractivity contribution is 0.0492. The zero-order chi connectivity index (χ0) is 18.3. The Morgan fingerprint density at radius 2 is 2.08 bits per heavy atom. The lowest BCUT2D eigenvalue weighted by Crippen LogP contribution is -2.35. The van der Waals surface area contributed by atoms with Crippen molar-refractivity contribution in [2.75, 3.05) is 13.1 Å². The van der Waals surface area contributed by atoms with E-state index < -0.39 is 6.10 Å². The Hall–Kier alpha value is -1.85. The van der Waals surface area contributed by atoms with Crippen molar-refractivity contribution in [1.82, 2.24) is 14.5 Å². The minimum atomic E-state index is -0.462. The average molecular weight is 355 g/mol. The van der Waals surface area contributed by atoms with Crippen LogP contribution >= 0.6 is 0 Å². The zero-order valence-electron chi connectivity index (χ0n) is 16.0. The summed E-state index contributed by atoms with van der Waals surface area (Å²) in [5.41, 5.74) is 2.60. The van der Waals surface area contributed by atoms with Crippen molar-refractivity contribution in [3.63, 3.8) is 0 Å². The Balaban J connectivity index is 1.34. The highest BCUT2D eigenvalue weighted by Gasteiger charge is 2.31. The highest BCUT2D eigenvalue weighted by molar-refractivity contribution is 5.41. The molecule has 140 valence electrons. The smallest absolute Gasteiger partial charge is 0.137 e. The van der Waals surface area contributed by atoms with E-state index in [0.717, 1.165) is 50.5 Å². The van der Waals surface area contributed by atoms with Gasteiger partial charge in [0.15, 0.2) is 0 Å². The molecule has 26 heavy (non-hydrogen) atoms. The zero-order valence-corrected chi connectivity index (χ0v) is 16.0. The number of fused-ring (bicyclic) bond motifs is 1. The molecule has 2 aliphatic heterocycles. The first-order valence-electron chi connectivity index (χ1n) is 9.60.